The summed E-state index contributed by atoms with van der Waals surface area (Å²) in [6, 6.07) is 6.04. The number of anilines is 1. The number of rotatable bonds is 4. The molecule has 0 fully saturated rings. The molecule has 2 rings (SSSR count). The molecule has 0 saturated heterocycles. The van der Waals surface area contributed by atoms with Crippen molar-refractivity contribution in [2.24, 2.45) is 0 Å². The first-order valence-corrected chi connectivity index (χ1v) is 6.62. The molecule has 0 aromatic carbocycles. The fraction of sp³-hybridized carbons (Fsp3) is 0.200. The molecule has 3 nitrogen and oxygen atoms in total. The molecule has 78 valence electrons. The van der Waals surface area contributed by atoms with E-state index in [0.717, 1.165) is 17.5 Å². The summed E-state index contributed by atoms with van der Waals surface area (Å²) in [6.45, 7) is 0.822. The molecule has 2 aromatic rings. The number of thioether (sulfide) groups is 1. The van der Waals surface area contributed by atoms with E-state index in [1.165, 1.54) is 4.88 Å². The van der Waals surface area contributed by atoms with E-state index in [-0.39, 0.29) is 0 Å². The SMILES string of the molecule is CSc1nccc(NCc2cccs2)n1. The standard InChI is InChI=1S/C10H11N3S2/c1-14-10-11-5-4-9(13-10)12-7-8-3-2-6-15-8/h2-6H,7H2,1H3,(H,11,12,13). The number of hydrogen-bond acceptors (Lipinski definition) is 5. The van der Waals surface area contributed by atoms with Crippen molar-refractivity contribution in [3.8, 4) is 0 Å². The molecule has 0 unspecified atom stereocenters. The third-order valence-corrected chi connectivity index (χ3v) is 3.28. The van der Waals surface area contributed by atoms with Gasteiger partial charge in [-0.15, -0.1) is 11.3 Å². The van der Waals surface area contributed by atoms with Gasteiger partial charge < -0.3 is 5.32 Å². The summed E-state index contributed by atoms with van der Waals surface area (Å²) in [7, 11) is 0. The van der Waals surface area contributed by atoms with E-state index in [1.807, 2.05) is 12.3 Å². The summed E-state index contributed by atoms with van der Waals surface area (Å²) in [6.07, 6.45) is 3.74. The van der Waals surface area contributed by atoms with Crippen LogP contribution in [-0.2, 0) is 6.54 Å². The fourth-order valence-electron chi connectivity index (χ4n) is 1.13. The molecule has 0 aliphatic heterocycles. The third kappa shape index (κ3) is 2.94. The maximum Gasteiger partial charge on any atom is 0.189 e. The average molecular weight is 237 g/mol. The number of thiophene rings is 1. The highest BCUT2D eigenvalue weighted by atomic mass is 32.2. The van der Waals surface area contributed by atoms with Crippen molar-refractivity contribution in [2.45, 2.75) is 11.7 Å². The minimum absolute atomic E-state index is 0.797. The van der Waals surface area contributed by atoms with Crippen LogP contribution in [0, 0.1) is 0 Å². The Balaban J connectivity index is 1.98. The van der Waals surface area contributed by atoms with Crippen molar-refractivity contribution >= 4 is 28.9 Å². The molecular formula is C10H11N3S2. The van der Waals surface area contributed by atoms with Crippen molar-refractivity contribution in [3.63, 3.8) is 0 Å². The Morgan fingerprint density at radius 3 is 3.13 bits per heavy atom. The molecule has 5 heteroatoms. The third-order valence-electron chi connectivity index (χ3n) is 1.84. The van der Waals surface area contributed by atoms with Gasteiger partial charge in [0, 0.05) is 11.1 Å². The highest BCUT2D eigenvalue weighted by Gasteiger charge is 1.98. The monoisotopic (exact) mass is 237 g/mol. The van der Waals surface area contributed by atoms with Crippen LogP contribution >= 0.6 is 23.1 Å². The first kappa shape index (κ1) is 10.4. The van der Waals surface area contributed by atoms with Crippen molar-refractivity contribution < 1.29 is 0 Å². The van der Waals surface area contributed by atoms with Crippen molar-refractivity contribution in [1.29, 1.82) is 0 Å². The smallest absolute Gasteiger partial charge is 0.189 e. The molecule has 0 bridgehead atoms. The van der Waals surface area contributed by atoms with Gasteiger partial charge in [-0.1, -0.05) is 17.8 Å². The Hall–Kier alpha value is -1.07. The van der Waals surface area contributed by atoms with Gasteiger partial charge in [-0.3, -0.25) is 0 Å². The van der Waals surface area contributed by atoms with Crippen LogP contribution < -0.4 is 5.32 Å². The first-order chi connectivity index (χ1) is 7.38. The number of nitrogens with zero attached hydrogens (tertiary/aromatic N) is 2. The van der Waals surface area contributed by atoms with Crippen LogP contribution in [0.5, 0.6) is 0 Å². The lowest BCUT2D eigenvalue weighted by molar-refractivity contribution is 0.959. The highest BCUT2D eigenvalue weighted by Crippen LogP contribution is 2.13. The summed E-state index contributed by atoms with van der Waals surface area (Å²) in [4.78, 5) is 9.76. The van der Waals surface area contributed by atoms with Crippen molar-refractivity contribution in [2.75, 3.05) is 11.6 Å². The predicted octanol–water partition coefficient (Wildman–Crippen LogP) is 2.87. The van der Waals surface area contributed by atoms with E-state index in [9.17, 15) is 0 Å². The van der Waals surface area contributed by atoms with Gasteiger partial charge in [0.15, 0.2) is 5.16 Å². The van der Waals surface area contributed by atoms with E-state index in [0.29, 0.717) is 0 Å². The molecule has 2 heterocycles. The normalized spacial score (nSPS) is 10.2. The molecule has 0 spiro atoms. The van der Waals surface area contributed by atoms with E-state index >= 15 is 0 Å². The zero-order chi connectivity index (χ0) is 10.5. The molecule has 0 atom stereocenters. The average Bonchev–Trinajstić information content (AvgIpc) is 2.79. The number of hydrogen-bond donors (Lipinski definition) is 1. The molecule has 0 aliphatic rings. The van der Waals surface area contributed by atoms with Gasteiger partial charge >= 0.3 is 0 Å². The maximum atomic E-state index is 4.34. The van der Waals surface area contributed by atoms with Crippen LogP contribution in [0.25, 0.3) is 0 Å². The molecule has 0 saturated carbocycles. The maximum absolute atomic E-state index is 4.34. The highest BCUT2D eigenvalue weighted by molar-refractivity contribution is 7.98. The van der Waals surface area contributed by atoms with Gasteiger partial charge in [0.05, 0.1) is 6.54 Å². The zero-order valence-electron chi connectivity index (χ0n) is 8.30. The van der Waals surface area contributed by atoms with Crippen LogP contribution in [0.1, 0.15) is 4.88 Å². The summed E-state index contributed by atoms with van der Waals surface area (Å²) in [5.74, 6) is 0.878. The summed E-state index contributed by atoms with van der Waals surface area (Å²) in [5.41, 5.74) is 0. The second-order valence-electron chi connectivity index (χ2n) is 2.86. The van der Waals surface area contributed by atoms with E-state index in [2.05, 4.69) is 32.8 Å². The van der Waals surface area contributed by atoms with Gasteiger partial charge in [-0.2, -0.15) is 0 Å². The summed E-state index contributed by atoms with van der Waals surface area (Å²) < 4.78 is 0. The van der Waals surface area contributed by atoms with Gasteiger partial charge in [0.1, 0.15) is 5.82 Å². The van der Waals surface area contributed by atoms with Crippen molar-refractivity contribution in [1.82, 2.24) is 9.97 Å². The lowest BCUT2D eigenvalue weighted by Crippen LogP contribution is -2.00. The van der Waals surface area contributed by atoms with Gasteiger partial charge in [-0.05, 0) is 23.8 Å². The van der Waals surface area contributed by atoms with Crippen molar-refractivity contribution in [3.05, 3.63) is 34.7 Å². The van der Waals surface area contributed by atoms with Crippen LogP contribution in [0.3, 0.4) is 0 Å². The lowest BCUT2D eigenvalue weighted by atomic mass is 10.4. The summed E-state index contributed by atoms with van der Waals surface area (Å²) >= 11 is 3.29. The van der Waals surface area contributed by atoms with Crippen LogP contribution in [0.4, 0.5) is 5.82 Å². The lowest BCUT2D eigenvalue weighted by Gasteiger charge is -2.04. The molecule has 0 amide bonds. The second kappa shape index (κ2) is 5.14. The molecule has 0 aliphatic carbocycles. The minimum atomic E-state index is 0.797. The quantitative estimate of drug-likeness (QED) is 0.655. The van der Waals surface area contributed by atoms with Gasteiger partial charge in [-0.25, -0.2) is 9.97 Å². The molecule has 15 heavy (non-hydrogen) atoms. The Kier molecular flexibility index (Phi) is 3.58. The molecular weight excluding hydrogens is 226 g/mol. The first-order valence-electron chi connectivity index (χ1n) is 4.52. The number of aromatic nitrogens is 2. The molecule has 2 aromatic heterocycles. The van der Waals surface area contributed by atoms with Crippen LogP contribution in [-0.4, -0.2) is 16.2 Å². The molecule has 0 radical (unpaired) electrons. The van der Waals surface area contributed by atoms with E-state index in [1.54, 1.807) is 29.3 Å². The number of nitrogens with one attached hydrogen (secondary N) is 1. The Bertz CT molecular complexity index is 414. The van der Waals surface area contributed by atoms with E-state index in [4.69, 9.17) is 0 Å². The topological polar surface area (TPSA) is 37.8 Å². The Labute approximate surface area is 97.0 Å². The fourth-order valence-corrected chi connectivity index (χ4v) is 2.13. The molecule has 1 N–H and O–H groups in total. The minimum Gasteiger partial charge on any atom is -0.365 e. The zero-order valence-corrected chi connectivity index (χ0v) is 9.94. The second-order valence-corrected chi connectivity index (χ2v) is 4.67. The Morgan fingerprint density at radius 2 is 2.40 bits per heavy atom. The van der Waals surface area contributed by atoms with E-state index < -0.39 is 0 Å². The largest absolute Gasteiger partial charge is 0.365 e. The van der Waals surface area contributed by atoms with Gasteiger partial charge in [0.25, 0.3) is 0 Å². The van der Waals surface area contributed by atoms with Crippen LogP contribution in [0.2, 0.25) is 0 Å². The van der Waals surface area contributed by atoms with Gasteiger partial charge in [0.2, 0.25) is 0 Å². The van der Waals surface area contributed by atoms with Crippen LogP contribution in [0.15, 0.2) is 34.9 Å². The summed E-state index contributed by atoms with van der Waals surface area (Å²) in [5, 5.41) is 6.14. The predicted molar refractivity (Wildman–Crippen MR) is 65.5 cm³/mol. The Morgan fingerprint density at radius 1 is 1.47 bits per heavy atom.